The van der Waals surface area contributed by atoms with Crippen molar-refractivity contribution in [3.63, 3.8) is 0 Å². The van der Waals surface area contributed by atoms with Crippen molar-refractivity contribution in [2.45, 2.75) is 52.6 Å². The molecular weight excluding hydrogens is 248 g/mol. The second-order valence-corrected chi connectivity index (χ2v) is 4.93. The molecule has 0 bridgehead atoms. The second-order valence-electron chi connectivity index (χ2n) is 4.53. The average molecular weight is 269 g/mol. The highest BCUT2D eigenvalue weighted by molar-refractivity contribution is 6.31. The van der Waals surface area contributed by atoms with Crippen molar-refractivity contribution >= 4 is 17.6 Å². The number of esters is 1. The zero-order valence-electron chi connectivity index (χ0n) is 11.3. The Hall–Kier alpha value is -1.02. The highest BCUT2D eigenvalue weighted by Crippen LogP contribution is 2.27. The van der Waals surface area contributed by atoms with Crippen LogP contribution in [0.25, 0.3) is 0 Å². The van der Waals surface area contributed by atoms with E-state index in [1.807, 2.05) is 32.0 Å². The predicted octanol–water partition coefficient (Wildman–Crippen LogP) is 4.83. The van der Waals surface area contributed by atoms with E-state index in [4.69, 9.17) is 16.3 Å². The lowest BCUT2D eigenvalue weighted by atomic mass is 10.0. The van der Waals surface area contributed by atoms with Crippen LogP contribution >= 0.6 is 11.6 Å². The molecule has 0 aromatic heterocycles. The predicted molar refractivity (Wildman–Crippen MR) is 74.8 cm³/mol. The van der Waals surface area contributed by atoms with Crippen LogP contribution in [-0.4, -0.2) is 5.97 Å². The first-order valence-electron chi connectivity index (χ1n) is 6.54. The lowest BCUT2D eigenvalue weighted by Crippen LogP contribution is -2.11. The number of hydrogen-bond donors (Lipinski definition) is 0. The number of rotatable bonds is 6. The number of hydrogen-bond acceptors (Lipinski definition) is 2. The third-order valence-corrected chi connectivity index (χ3v) is 3.26. The topological polar surface area (TPSA) is 26.3 Å². The van der Waals surface area contributed by atoms with Crippen molar-refractivity contribution in [2.24, 2.45) is 0 Å². The fourth-order valence-corrected chi connectivity index (χ4v) is 1.96. The molecule has 100 valence electrons. The maximum Gasteiger partial charge on any atom is 0.306 e. The first-order valence-corrected chi connectivity index (χ1v) is 6.91. The van der Waals surface area contributed by atoms with Crippen LogP contribution in [0.3, 0.4) is 0 Å². The van der Waals surface area contributed by atoms with E-state index in [9.17, 15) is 4.79 Å². The lowest BCUT2D eigenvalue weighted by Gasteiger charge is -2.18. The molecule has 1 aromatic rings. The highest BCUT2D eigenvalue weighted by atomic mass is 35.5. The van der Waals surface area contributed by atoms with Crippen LogP contribution in [0.5, 0.6) is 0 Å². The maximum atomic E-state index is 11.6. The van der Waals surface area contributed by atoms with E-state index in [1.165, 1.54) is 0 Å². The Labute approximate surface area is 114 Å². The van der Waals surface area contributed by atoms with E-state index in [0.717, 1.165) is 35.4 Å². The maximum absolute atomic E-state index is 11.6. The van der Waals surface area contributed by atoms with Crippen LogP contribution in [0.2, 0.25) is 5.02 Å². The fourth-order valence-electron chi connectivity index (χ4n) is 1.85. The summed E-state index contributed by atoms with van der Waals surface area (Å²) in [6.07, 6.45) is 2.97. The normalized spacial score (nSPS) is 12.2. The molecule has 2 nitrogen and oxygen atoms in total. The third-order valence-electron chi connectivity index (χ3n) is 2.83. The zero-order chi connectivity index (χ0) is 13.5. The zero-order valence-corrected chi connectivity index (χ0v) is 12.1. The Balaban J connectivity index is 2.82. The number of aryl methyl sites for hydroxylation is 1. The molecule has 1 atom stereocenters. The third kappa shape index (κ3) is 4.34. The molecule has 0 fully saturated rings. The molecule has 0 saturated heterocycles. The van der Waals surface area contributed by atoms with E-state index in [-0.39, 0.29) is 12.1 Å². The van der Waals surface area contributed by atoms with Crippen molar-refractivity contribution in [2.75, 3.05) is 0 Å². The van der Waals surface area contributed by atoms with Crippen molar-refractivity contribution in [3.05, 3.63) is 34.3 Å². The molecule has 1 aromatic carbocycles. The van der Waals surface area contributed by atoms with Gasteiger partial charge in [0, 0.05) is 11.4 Å². The van der Waals surface area contributed by atoms with Crippen LogP contribution in [0.15, 0.2) is 18.2 Å². The van der Waals surface area contributed by atoms with Gasteiger partial charge in [-0.15, -0.1) is 0 Å². The van der Waals surface area contributed by atoms with Crippen molar-refractivity contribution in [1.82, 2.24) is 0 Å². The van der Waals surface area contributed by atoms with Crippen LogP contribution in [0.4, 0.5) is 0 Å². The number of halogens is 1. The van der Waals surface area contributed by atoms with Gasteiger partial charge < -0.3 is 4.74 Å². The van der Waals surface area contributed by atoms with Gasteiger partial charge in [-0.3, -0.25) is 4.79 Å². The first-order chi connectivity index (χ1) is 8.58. The molecule has 0 N–H and O–H groups in total. The molecular formula is C15H21ClO2. The van der Waals surface area contributed by atoms with E-state index in [0.29, 0.717) is 6.42 Å². The molecule has 1 unspecified atom stereocenters. The number of benzene rings is 1. The van der Waals surface area contributed by atoms with Crippen molar-refractivity contribution in [1.29, 1.82) is 0 Å². The average Bonchev–Trinajstić information content (AvgIpc) is 2.32. The number of carbonyl (C=O) groups excluding carboxylic acids is 1. The first kappa shape index (κ1) is 15.0. The summed E-state index contributed by atoms with van der Waals surface area (Å²) in [6.45, 7) is 6.02. The van der Waals surface area contributed by atoms with E-state index >= 15 is 0 Å². The van der Waals surface area contributed by atoms with Gasteiger partial charge in [0.25, 0.3) is 0 Å². The summed E-state index contributed by atoms with van der Waals surface area (Å²) in [7, 11) is 0. The van der Waals surface area contributed by atoms with Gasteiger partial charge in [0.05, 0.1) is 0 Å². The molecule has 0 aliphatic rings. The molecule has 0 amide bonds. The smallest absolute Gasteiger partial charge is 0.306 e. The standard InChI is InChI=1S/C15H21ClO2/c1-4-6-14(18-15(17)7-5-2)12-8-9-13(16)11(3)10-12/h8-10,14H,4-7H2,1-3H3. The van der Waals surface area contributed by atoms with Gasteiger partial charge in [-0.25, -0.2) is 0 Å². The van der Waals surface area contributed by atoms with Crippen molar-refractivity contribution in [3.8, 4) is 0 Å². The summed E-state index contributed by atoms with van der Waals surface area (Å²) in [5, 5.41) is 0.744. The van der Waals surface area contributed by atoms with Gasteiger partial charge in [-0.05, 0) is 37.0 Å². The van der Waals surface area contributed by atoms with Gasteiger partial charge in [0.1, 0.15) is 6.10 Å². The minimum atomic E-state index is -0.148. The minimum Gasteiger partial charge on any atom is -0.457 e. The second kappa shape index (κ2) is 7.42. The number of ether oxygens (including phenoxy) is 1. The van der Waals surface area contributed by atoms with Crippen LogP contribution in [-0.2, 0) is 9.53 Å². The molecule has 0 spiro atoms. The molecule has 1 rings (SSSR count). The fraction of sp³-hybridized carbons (Fsp3) is 0.533. The Morgan fingerprint density at radius 1 is 1.33 bits per heavy atom. The summed E-state index contributed by atoms with van der Waals surface area (Å²) in [5.41, 5.74) is 2.05. The van der Waals surface area contributed by atoms with Gasteiger partial charge >= 0.3 is 5.97 Å². The Morgan fingerprint density at radius 2 is 2.06 bits per heavy atom. The molecule has 0 heterocycles. The molecule has 0 saturated carbocycles. The van der Waals surface area contributed by atoms with Crippen LogP contribution in [0, 0.1) is 6.92 Å². The van der Waals surface area contributed by atoms with Crippen LogP contribution < -0.4 is 0 Å². The quantitative estimate of drug-likeness (QED) is 0.691. The number of carbonyl (C=O) groups is 1. The van der Waals surface area contributed by atoms with E-state index in [1.54, 1.807) is 0 Å². The minimum absolute atomic E-state index is 0.122. The molecule has 0 aliphatic heterocycles. The lowest BCUT2D eigenvalue weighted by molar-refractivity contribution is -0.149. The van der Waals surface area contributed by atoms with Gasteiger partial charge in [0.15, 0.2) is 0 Å². The Morgan fingerprint density at radius 3 is 2.61 bits per heavy atom. The summed E-state index contributed by atoms with van der Waals surface area (Å²) in [4.78, 5) is 11.6. The SMILES string of the molecule is CCCC(=O)OC(CCC)c1ccc(Cl)c(C)c1. The summed E-state index contributed by atoms with van der Waals surface area (Å²) < 4.78 is 5.53. The molecule has 18 heavy (non-hydrogen) atoms. The highest BCUT2D eigenvalue weighted by Gasteiger charge is 2.16. The van der Waals surface area contributed by atoms with E-state index < -0.39 is 0 Å². The summed E-state index contributed by atoms with van der Waals surface area (Å²) >= 11 is 6.01. The summed E-state index contributed by atoms with van der Waals surface area (Å²) in [5.74, 6) is -0.122. The van der Waals surface area contributed by atoms with E-state index in [2.05, 4.69) is 6.92 Å². The Kier molecular flexibility index (Phi) is 6.20. The molecule has 3 heteroatoms. The monoisotopic (exact) mass is 268 g/mol. The van der Waals surface area contributed by atoms with Gasteiger partial charge in [-0.2, -0.15) is 0 Å². The molecule has 0 radical (unpaired) electrons. The van der Waals surface area contributed by atoms with Gasteiger partial charge in [-0.1, -0.05) is 44.0 Å². The van der Waals surface area contributed by atoms with Crippen molar-refractivity contribution < 1.29 is 9.53 Å². The van der Waals surface area contributed by atoms with Gasteiger partial charge in [0.2, 0.25) is 0 Å². The summed E-state index contributed by atoms with van der Waals surface area (Å²) in [6, 6.07) is 5.80. The Bertz CT molecular complexity index is 401. The van der Waals surface area contributed by atoms with Crippen LogP contribution in [0.1, 0.15) is 56.8 Å². The largest absolute Gasteiger partial charge is 0.457 e. The molecule has 0 aliphatic carbocycles.